The molecule has 0 bridgehead atoms. The molecular formula is C28H27F2N3O9S2. The van der Waals surface area contributed by atoms with Crippen LogP contribution >= 0.6 is 0 Å². The van der Waals surface area contributed by atoms with Crippen LogP contribution in [0.3, 0.4) is 0 Å². The molecule has 0 fully saturated rings. The Bertz CT molecular complexity index is 1950. The van der Waals surface area contributed by atoms with E-state index >= 15 is 4.39 Å². The monoisotopic (exact) mass is 651 g/mol. The van der Waals surface area contributed by atoms with Gasteiger partial charge >= 0.3 is 0 Å². The SMILES string of the molecule is CONC(=O)c1c(-c2ccc(Oc3ccc(F)cc3)cc2)oc2c(F)c3c(nc12)[C@H](C)O[C@H](CS(C)(=O)=O)CN3S(C)(=O)=O. The van der Waals surface area contributed by atoms with Crippen molar-refractivity contribution in [3.63, 3.8) is 0 Å². The van der Waals surface area contributed by atoms with Crippen LogP contribution in [0.4, 0.5) is 14.5 Å². The lowest BCUT2D eigenvalue weighted by Crippen LogP contribution is -2.40. The summed E-state index contributed by atoms with van der Waals surface area (Å²) in [6, 6.07) is 11.5. The number of halogens is 2. The topological polar surface area (TPSA) is 154 Å². The largest absolute Gasteiger partial charge is 0.457 e. The minimum absolute atomic E-state index is 0.108. The van der Waals surface area contributed by atoms with Gasteiger partial charge in [0.05, 0.1) is 43.6 Å². The predicted molar refractivity (Wildman–Crippen MR) is 156 cm³/mol. The average molecular weight is 652 g/mol. The van der Waals surface area contributed by atoms with Crippen molar-refractivity contribution in [3.05, 3.63) is 71.4 Å². The van der Waals surface area contributed by atoms with Crippen molar-refractivity contribution in [2.45, 2.75) is 19.1 Å². The summed E-state index contributed by atoms with van der Waals surface area (Å²) in [7, 11) is -6.59. The van der Waals surface area contributed by atoms with Gasteiger partial charge < -0.3 is 13.9 Å². The van der Waals surface area contributed by atoms with Crippen LogP contribution in [0.1, 0.15) is 29.1 Å². The number of nitrogens with one attached hydrogen (secondary N) is 1. The van der Waals surface area contributed by atoms with E-state index in [9.17, 15) is 26.0 Å². The van der Waals surface area contributed by atoms with Crippen molar-refractivity contribution in [2.75, 3.05) is 36.2 Å². The fraction of sp³-hybridized carbons (Fsp3) is 0.286. The van der Waals surface area contributed by atoms with Gasteiger partial charge in [-0.2, -0.15) is 0 Å². The lowest BCUT2D eigenvalue weighted by Gasteiger charge is -2.24. The van der Waals surface area contributed by atoms with Gasteiger partial charge in [-0.15, -0.1) is 0 Å². The first kappa shape index (κ1) is 31.3. The third-order valence-corrected chi connectivity index (χ3v) is 8.75. The normalized spacial score (nSPS) is 17.3. The van der Waals surface area contributed by atoms with Crippen LogP contribution in [-0.2, 0) is 29.4 Å². The number of hydrogen-bond acceptors (Lipinski definition) is 10. The van der Waals surface area contributed by atoms with E-state index in [1.165, 1.54) is 50.4 Å². The van der Waals surface area contributed by atoms with Crippen LogP contribution in [0.5, 0.6) is 11.5 Å². The first-order chi connectivity index (χ1) is 20.7. The number of aromatic nitrogens is 1. The average Bonchev–Trinajstić information content (AvgIpc) is 3.25. The molecule has 2 atom stereocenters. The molecule has 0 unspecified atom stereocenters. The minimum Gasteiger partial charge on any atom is -0.457 e. The van der Waals surface area contributed by atoms with Crippen molar-refractivity contribution in [1.29, 1.82) is 0 Å². The zero-order valence-electron chi connectivity index (χ0n) is 23.8. The molecule has 0 saturated carbocycles. The highest BCUT2D eigenvalue weighted by Gasteiger charge is 2.39. The summed E-state index contributed by atoms with van der Waals surface area (Å²) in [5, 5.41) is 0. The maximum absolute atomic E-state index is 16.4. The molecule has 3 heterocycles. The summed E-state index contributed by atoms with van der Waals surface area (Å²) in [5.74, 6) is -2.29. The van der Waals surface area contributed by atoms with E-state index < -0.39 is 73.2 Å². The number of amides is 1. The zero-order valence-corrected chi connectivity index (χ0v) is 25.5. The molecule has 5 rings (SSSR count). The highest BCUT2D eigenvalue weighted by Crippen LogP contribution is 2.43. The van der Waals surface area contributed by atoms with Gasteiger partial charge in [-0.05, 0) is 55.5 Å². The minimum atomic E-state index is -4.18. The number of carbonyl (C=O) groups excluding carboxylic acids is 1. The quantitative estimate of drug-likeness (QED) is 0.275. The number of pyridine rings is 1. The predicted octanol–water partition coefficient (Wildman–Crippen LogP) is 4.13. The smallest absolute Gasteiger partial charge is 0.281 e. The van der Waals surface area contributed by atoms with E-state index in [4.69, 9.17) is 18.7 Å². The van der Waals surface area contributed by atoms with Gasteiger partial charge in [-0.25, -0.2) is 36.1 Å². The Kier molecular flexibility index (Phi) is 8.37. The second-order valence-electron chi connectivity index (χ2n) is 10.1. The Balaban J connectivity index is 1.66. The fourth-order valence-corrected chi connectivity index (χ4v) is 6.67. The molecule has 2 aromatic carbocycles. The summed E-state index contributed by atoms with van der Waals surface area (Å²) in [4.78, 5) is 22.4. The number of sulfonamides is 1. The van der Waals surface area contributed by atoms with Gasteiger partial charge in [-0.3, -0.25) is 13.9 Å². The molecule has 1 amide bonds. The standard InChI is InChI=1S/C28H27F2N3O9S2/c1-15-23-25(33(44(4,37)38)13-20(40-15)14-43(3,35)36)22(30)27-24(31-23)21(28(34)32-39-2)26(42-27)16-5-9-18(10-6-16)41-19-11-7-17(29)8-12-19/h5-12,15,20H,13-14H2,1-4H3,(H,32,34)/t15-,20-/m0/s1. The molecule has 1 aliphatic heterocycles. The maximum atomic E-state index is 16.4. The zero-order chi connectivity index (χ0) is 32.0. The van der Waals surface area contributed by atoms with Gasteiger partial charge in [0.25, 0.3) is 5.91 Å². The van der Waals surface area contributed by atoms with Gasteiger partial charge in [0.15, 0.2) is 11.4 Å². The van der Waals surface area contributed by atoms with E-state index in [1.807, 2.05) is 0 Å². The molecular weight excluding hydrogens is 624 g/mol. The Labute approximate surface area is 251 Å². The molecule has 234 valence electrons. The second-order valence-corrected chi connectivity index (χ2v) is 14.2. The Hall–Kier alpha value is -4.12. The van der Waals surface area contributed by atoms with Crippen molar-refractivity contribution in [3.8, 4) is 22.8 Å². The van der Waals surface area contributed by atoms with Crippen LogP contribution in [0, 0.1) is 11.6 Å². The van der Waals surface area contributed by atoms with Crippen molar-refractivity contribution < 1.29 is 49.1 Å². The van der Waals surface area contributed by atoms with Gasteiger partial charge in [-0.1, -0.05) is 0 Å². The van der Waals surface area contributed by atoms with E-state index in [2.05, 4.69) is 10.5 Å². The Morgan fingerprint density at radius 1 is 1.05 bits per heavy atom. The third kappa shape index (κ3) is 6.38. The number of furan rings is 1. The summed E-state index contributed by atoms with van der Waals surface area (Å²) >= 11 is 0. The van der Waals surface area contributed by atoms with Crippen molar-refractivity contribution in [1.82, 2.24) is 10.5 Å². The summed E-state index contributed by atoms with van der Waals surface area (Å²) in [5.41, 5.74) is 0.828. The number of ether oxygens (including phenoxy) is 2. The van der Waals surface area contributed by atoms with Gasteiger partial charge in [0, 0.05) is 11.8 Å². The lowest BCUT2D eigenvalue weighted by atomic mass is 10.1. The Morgan fingerprint density at radius 3 is 2.23 bits per heavy atom. The number of anilines is 1. The first-order valence-electron chi connectivity index (χ1n) is 13.0. The van der Waals surface area contributed by atoms with Crippen LogP contribution in [0.2, 0.25) is 0 Å². The highest BCUT2D eigenvalue weighted by molar-refractivity contribution is 7.92. The first-order valence-corrected chi connectivity index (χ1v) is 16.9. The van der Waals surface area contributed by atoms with Crippen LogP contribution in [0.15, 0.2) is 52.9 Å². The van der Waals surface area contributed by atoms with Crippen LogP contribution in [0.25, 0.3) is 22.4 Å². The number of benzene rings is 2. The number of fused-ring (bicyclic) bond motifs is 2. The Morgan fingerprint density at radius 2 is 1.66 bits per heavy atom. The molecule has 0 spiro atoms. The molecule has 0 radical (unpaired) electrons. The summed E-state index contributed by atoms with van der Waals surface area (Å²) < 4.78 is 97.5. The van der Waals surface area contributed by atoms with Gasteiger partial charge in [0.2, 0.25) is 10.0 Å². The molecule has 1 N–H and O–H groups in total. The number of rotatable bonds is 8. The third-order valence-electron chi connectivity index (χ3n) is 6.64. The molecule has 12 nitrogen and oxygen atoms in total. The maximum Gasteiger partial charge on any atom is 0.281 e. The lowest BCUT2D eigenvalue weighted by molar-refractivity contribution is 0.0172. The molecule has 16 heteroatoms. The number of nitrogens with zero attached hydrogens (tertiary/aromatic N) is 2. The molecule has 44 heavy (non-hydrogen) atoms. The number of hydrogen-bond donors (Lipinski definition) is 1. The van der Waals surface area contributed by atoms with Crippen molar-refractivity contribution in [2.24, 2.45) is 0 Å². The molecule has 0 aliphatic carbocycles. The van der Waals surface area contributed by atoms with E-state index in [0.29, 0.717) is 21.4 Å². The second kappa shape index (κ2) is 11.8. The van der Waals surface area contributed by atoms with E-state index in [1.54, 1.807) is 12.1 Å². The van der Waals surface area contributed by atoms with Gasteiger partial charge in [0.1, 0.15) is 49.7 Å². The number of hydroxylamine groups is 1. The highest BCUT2D eigenvalue weighted by atomic mass is 32.2. The van der Waals surface area contributed by atoms with E-state index in [-0.39, 0.29) is 22.5 Å². The molecule has 1 aliphatic rings. The van der Waals surface area contributed by atoms with Crippen molar-refractivity contribution >= 4 is 42.6 Å². The summed E-state index contributed by atoms with van der Waals surface area (Å²) in [6.07, 6.45) is -0.410. The fourth-order valence-electron chi connectivity index (χ4n) is 4.87. The molecule has 2 aromatic heterocycles. The molecule has 4 aromatic rings. The van der Waals surface area contributed by atoms with Crippen LogP contribution in [-0.4, -0.2) is 65.7 Å². The summed E-state index contributed by atoms with van der Waals surface area (Å²) in [6.45, 7) is 0.960. The van der Waals surface area contributed by atoms with E-state index in [0.717, 1.165) is 12.5 Å². The molecule has 0 saturated heterocycles. The van der Waals surface area contributed by atoms with Crippen LogP contribution < -0.4 is 14.5 Å². The number of carbonyl (C=O) groups is 1. The number of sulfone groups is 1.